The maximum atomic E-state index is 12.8. The van der Waals surface area contributed by atoms with E-state index in [0.29, 0.717) is 5.56 Å². The summed E-state index contributed by atoms with van der Waals surface area (Å²) in [5.41, 5.74) is 6.65. The lowest BCUT2D eigenvalue weighted by molar-refractivity contribution is -0.180. The molecule has 3 rings (SSSR count). The number of esters is 1. The number of nitrogens with one attached hydrogen (secondary N) is 1. The molecular formula is C21H27N3O7S. The number of benzene rings is 1. The normalized spacial score (nSPS) is 25.1. The summed E-state index contributed by atoms with van der Waals surface area (Å²) in [6, 6.07) is 6.21. The van der Waals surface area contributed by atoms with Crippen molar-refractivity contribution < 1.29 is 33.4 Å². The Morgan fingerprint density at radius 2 is 1.88 bits per heavy atom. The number of nitrogens with zero attached hydrogens (tertiary/aromatic N) is 1. The number of hydrogen-bond acceptors (Lipinski definition) is 9. The van der Waals surface area contributed by atoms with Gasteiger partial charge in [0, 0.05) is 11.7 Å². The van der Waals surface area contributed by atoms with E-state index in [1.165, 1.54) is 23.6 Å². The van der Waals surface area contributed by atoms with Gasteiger partial charge in [0.05, 0.1) is 6.61 Å². The summed E-state index contributed by atoms with van der Waals surface area (Å²) in [6.45, 7) is 6.74. The van der Waals surface area contributed by atoms with Crippen molar-refractivity contribution in [2.24, 2.45) is 5.73 Å². The van der Waals surface area contributed by atoms with Gasteiger partial charge < -0.3 is 30.2 Å². The first-order chi connectivity index (χ1) is 15.1. The zero-order valence-electron chi connectivity index (χ0n) is 18.3. The fourth-order valence-corrected chi connectivity index (χ4v) is 5.34. The Balaban J connectivity index is 1.63. The Bertz CT molecular complexity index is 895. The fraction of sp³-hybridized carbons (Fsp3) is 0.524. The number of fused-ring (bicyclic) bond motifs is 1. The average molecular weight is 466 g/mol. The molecule has 2 aliphatic rings. The molecule has 2 amide bonds. The van der Waals surface area contributed by atoms with Crippen LogP contribution < -0.4 is 11.1 Å². The van der Waals surface area contributed by atoms with Crippen molar-refractivity contribution in [1.29, 1.82) is 0 Å². The third kappa shape index (κ3) is 4.68. The van der Waals surface area contributed by atoms with Crippen LogP contribution in [0.3, 0.4) is 0 Å². The Labute approximate surface area is 190 Å². The van der Waals surface area contributed by atoms with Crippen LogP contribution in [-0.4, -0.2) is 63.9 Å². The van der Waals surface area contributed by atoms with Gasteiger partial charge in [-0.05, 0) is 26.3 Å². The molecule has 3 N–H and O–H groups in total. The predicted molar refractivity (Wildman–Crippen MR) is 115 cm³/mol. The molecule has 2 fully saturated rings. The first-order valence-corrected chi connectivity index (χ1v) is 11.1. The standard InChI is InChI=1S/C21H27N3O7S/c1-5-29-20(28)31-11(2)30-19(27)15-21(3,4)32-18-14(17(26)24(15)18)23-16(25)13(22)12-9-7-6-8-10-12/h6-11,13-15,18H,5,22H2,1-4H3,(H,23,25)/t11-,13+,14-,15-,18-/m0/s1. The molecule has 0 aromatic heterocycles. The topological polar surface area (TPSA) is 137 Å². The number of nitrogens with two attached hydrogens (primary N) is 1. The molecule has 10 nitrogen and oxygen atoms in total. The highest BCUT2D eigenvalue weighted by molar-refractivity contribution is 8.01. The number of ether oxygens (including phenoxy) is 3. The molecule has 0 aliphatic carbocycles. The van der Waals surface area contributed by atoms with Crippen molar-refractivity contribution in [3.05, 3.63) is 35.9 Å². The van der Waals surface area contributed by atoms with Gasteiger partial charge in [0.25, 0.3) is 0 Å². The number of carbonyl (C=O) groups is 4. The number of β-lactam (4-membered cyclic amide) rings is 1. The molecule has 2 aliphatic heterocycles. The van der Waals surface area contributed by atoms with Crippen molar-refractivity contribution in [2.45, 2.75) is 62.2 Å². The van der Waals surface area contributed by atoms with Gasteiger partial charge in [-0.25, -0.2) is 9.59 Å². The number of carbonyl (C=O) groups excluding carboxylic acids is 4. The van der Waals surface area contributed by atoms with E-state index in [-0.39, 0.29) is 6.61 Å². The highest BCUT2D eigenvalue weighted by Gasteiger charge is 2.64. The summed E-state index contributed by atoms with van der Waals surface area (Å²) in [6.07, 6.45) is -2.14. The van der Waals surface area contributed by atoms with Gasteiger partial charge in [0.15, 0.2) is 0 Å². The van der Waals surface area contributed by atoms with Gasteiger partial charge in [-0.1, -0.05) is 30.3 Å². The molecular weight excluding hydrogens is 438 g/mol. The minimum atomic E-state index is -1.18. The summed E-state index contributed by atoms with van der Waals surface area (Å²) >= 11 is 1.38. The number of thioether (sulfide) groups is 1. The third-order valence-corrected chi connectivity index (χ3v) is 6.78. The van der Waals surface area contributed by atoms with Crippen molar-refractivity contribution in [3.63, 3.8) is 0 Å². The van der Waals surface area contributed by atoms with Crippen LogP contribution in [0.4, 0.5) is 4.79 Å². The predicted octanol–water partition coefficient (Wildman–Crippen LogP) is 1.30. The highest BCUT2D eigenvalue weighted by atomic mass is 32.2. The van der Waals surface area contributed by atoms with E-state index in [4.69, 9.17) is 15.2 Å². The van der Waals surface area contributed by atoms with Crippen LogP contribution >= 0.6 is 11.8 Å². The molecule has 0 spiro atoms. The summed E-state index contributed by atoms with van der Waals surface area (Å²) in [5.74, 6) is -1.58. The first kappa shape index (κ1) is 23.9. The zero-order chi connectivity index (χ0) is 23.6. The van der Waals surface area contributed by atoms with Crippen LogP contribution in [0.2, 0.25) is 0 Å². The minimum Gasteiger partial charge on any atom is -0.435 e. The molecule has 0 radical (unpaired) electrons. The number of hydrogen-bond donors (Lipinski definition) is 2. The van der Waals surface area contributed by atoms with Gasteiger partial charge in [0.2, 0.25) is 18.1 Å². The molecule has 0 saturated carbocycles. The number of amides is 2. The lowest BCUT2D eigenvalue weighted by Crippen LogP contribution is -2.71. The summed E-state index contributed by atoms with van der Waals surface area (Å²) in [7, 11) is 0. The second-order valence-electron chi connectivity index (χ2n) is 7.94. The third-order valence-electron chi connectivity index (χ3n) is 5.21. The van der Waals surface area contributed by atoms with E-state index in [9.17, 15) is 19.2 Å². The quantitative estimate of drug-likeness (QED) is 0.347. The average Bonchev–Trinajstić information content (AvgIpc) is 2.99. The molecule has 1 aromatic rings. The highest BCUT2D eigenvalue weighted by Crippen LogP contribution is 2.51. The van der Waals surface area contributed by atoms with Crippen LogP contribution in [0, 0.1) is 0 Å². The van der Waals surface area contributed by atoms with Crippen LogP contribution in [0.5, 0.6) is 0 Å². The van der Waals surface area contributed by atoms with E-state index in [2.05, 4.69) is 10.1 Å². The molecule has 0 bridgehead atoms. The Morgan fingerprint density at radius 1 is 1.22 bits per heavy atom. The largest absolute Gasteiger partial charge is 0.511 e. The molecule has 32 heavy (non-hydrogen) atoms. The van der Waals surface area contributed by atoms with Crippen molar-refractivity contribution >= 4 is 35.7 Å². The van der Waals surface area contributed by atoms with E-state index >= 15 is 0 Å². The molecule has 0 unspecified atom stereocenters. The van der Waals surface area contributed by atoms with Gasteiger partial charge >= 0.3 is 12.1 Å². The van der Waals surface area contributed by atoms with Crippen molar-refractivity contribution in [1.82, 2.24) is 10.2 Å². The summed E-state index contributed by atoms with van der Waals surface area (Å²) < 4.78 is 14.0. The minimum absolute atomic E-state index is 0.122. The fourth-order valence-electron chi connectivity index (χ4n) is 3.72. The molecule has 174 valence electrons. The Kier molecular flexibility index (Phi) is 6.99. The van der Waals surface area contributed by atoms with Crippen molar-refractivity contribution in [3.8, 4) is 0 Å². The van der Waals surface area contributed by atoms with Gasteiger partial charge in [0.1, 0.15) is 23.5 Å². The second-order valence-corrected chi connectivity index (χ2v) is 9.71. The van der Waals surface area contributed by atoms with E-state index in [1.807, 2.05) is 6.07 Å². The number of rotatable bonds is 7. The maximum absolute atomic E-state index is 12.8. The lowest BCUT2D eigenvalue weighted by Gasteiger charge is -2.44. The Hall–Kier alpha value is -2.79. The van der Waals surface area contributed by atoms with E-state index in [0.717, 1.165) is 0 Å². The van der Waals surface area contributed by atoms with Gasteiger partial charge in [-0.2, -0.15) is 0 Å². The molecule has 2 heterocycles. The molecule has 11 heteroatoms. The first-order valence-electron chi connectivity index (χ1n) is 10.2. The smallest absolute Gasteiger partial charge is 0.435 e. The molecule has 5 atom stereocenters. The van der Waals surface area contributed by atoms with Crippen LogP contribution in [0.1, 0.15) is 39.3 Å². The second kappa shape index (κ2) is 9.37. The summed E-state index contributed by atoms with van der Waals surface area (Å²) in [5, 5.41) is 2.26. The van der Waals surface area contributed by atoms with Crippen LogP contribution in [0.25, 0.3) is 0 Å². The van der Waals surface area contributed by atoms with Gasteiger partial charge in [-0.15, -0.1) is 11.8 Å². The summed E-state index contributed by atoms with van der Waals surface area (Å²) in [4.78, 5) is 51.0. The lowest BCUT2D eigenvalue weighted by atomic mass is 9.95. The SMILES string of the molecule is CCOC(=O)O[C@@H](C)OC(=O)[C@@H]1N2C(=O)[C@H](NC(=O)[C@H](N)c3ccccc3)[C@@H]2SC1(C)C. The Morgan fingerprint density at radius 3 is 2.50 bits per heavy atom. The zero-order valence-corrected chi connectivity index (χ0v) is 19.1. The maximum Gasteiger partial charge on any atom is 0.511 e. The van der Waals surface area contributed by atoms with Crippen LogP contribution in [-0.2, 0) is 28.6 Å². The van der Waals surface area contributed by atoms with E-state index in [1.54, 1.807) is 45.0 Å². The van der Waals surface area contributed by atoms with Crippen LogP contribution in [0.15, 0.2) is 30.3 Å². The van der Waals surface area contributed by atoms with Crippen molar-refractivity contribution in [2.75, 3.05) is 6.61 Å². The van der Waals surface area contributed by atoms with E-state index < -0.39 is 58.5 Å². The molecule has 2 saturated heterocycles. The van der Waals surface area contributed by atoms with Gasteiger partial charge in [-0.3, -0.25) is 9.59 Å². The monoisotopic (exact) mass is 465 g/mol. The molecule has 1 aromatic carbocycles.